The zero-order valence-corrected chi connectivity index (χ0v) is 19.9. The van der Waals surface area contributed by atoms with Gasteiger partial charge in [-0.15, -0.1) is 11.3 Å². The first-order valence-electron chi connectivity index (χ1n) is 10.4. The van der Waals surface area contributed by atoms with Crippen LogP contribution in [-0.4, -0.2) is 18.9 Å². The zero-order valence-electron chi connectivity index (χ0n) is 17.5. The number of ketones is 1. The summed E-state index contributed by atoms with van der Waals surface area (Å²) < 4.78 is 7.40. The van der Waals surface area contributed by atoms with Crippen LogP contribution in [0.3, 0.4) is 0 Å². The van der Waals surface area contributed by atoms with Crippen LogP contribution in [0.15, 0.2) is 50.6 Å². The summed E-state index contributed by atoms with van der Waals surface area (Å²) in [5.41, 5.74) is 4.03. The van der Waals surface area contributed by atoms with Gasteiger partial charge in [0.2, 0.25) is 0 Å². The second kappa shape index (κ2) is 8.67. The number of nitrogens with one attached hydrogen (secondary N) is 1. The van der Waals surface area contributed by atoms with E-state index in [2.05, 4.69) is 32.7 Å². The van der Waals surface area contributed by atoms with Crippen LogP contribution in [-0.2, 0) is 14.3 Å². The Morgan fingerprint density at radius 1 is 1.17 bits per heavy atom. The summed E-state index contributed by atoms with van der Waals surface area (Å²) in [6.45, 7) is 3.53. The summed E-state index contributed by atoms with van der Waals surface area (Å²) in [5, 5.41) is 6.62. The van der Waals surface area contributed by atoms with E-state index in [9.17, 15) is 9.59 Å². The number of thiophene rings is 1. The van der Waals surface area contributed by atoms with Gasteiger partial charge in [-0.05, 0) is 70.9 Å². The molecule has 1 aromatic heterocycles. The first kappa shape index (κ1) is 21.3. The Morgan fingerprint density at radius 2 is 1.90 bits per heavy atom. The number of rotatable bonds is 4. The first-order valence-corrected chi connectivity index (χ1v) is 12.1. The van der Waals surface area contributed by atoms with Crippen LogP contribution >= 0.6 is 27.3 Å². The van der Waals surface area contributed by atoms with E-state index in [-0.39, 0.29) is 17.7 Å². The van der Waals surface area contributed by atoms with Crippen LogP contribution in [0, 0.1) is 5.92 Å². The molecule has 1 saturated carbocycles. The molecule has 1 N–H and O–H groups in total. The minimum Gasteiger partial charge on any atom is -0.466 e. The number of ether oxygens (including phenoxy) is 1. The average Bonchev–Trinajstić information content (AvgIpc) is 3.18. The molecular formula is C24H26BrNO3S. The van der Waals surface area contributed by atoms with Crippen molar-refractivity contribution >= 4 is 49.1 Å². The third-order valence-corrected chi connectivity index (χ3v) is 8.26. The van der Waals surface area contributed by atoms with Crippen molar-refractivity contribution in [3.63, 3.8) is 0 Å². The number of carbonyl (C=O) groups excluding carboxylic acids is 2. The van der Waals surface area contributed by atoms with Crippen molar-refractivity contribution < 1.29 is 14.3 Å². The van der Waals surface area contributed by atoms with E-state index in [1.54, 1.807) is 18.3 Å². The molecule has 2 heterocycles. The van der Waals surface area contributed by atoms with Gasteiger partial charge in [-0.3, -0.25) is 4.79 Å². The molecule has 1 aromatic carbocycles. The van der Waals surface area contributed by atoms with Gasteiger partial charge in [0.05, 0.1) is 12.7 Å². The standard InChI is InChI=1S/C24H26BrNO3S/c1-13-19(14(2)27)20(17-12-30-23-16(17)10-7-11-18(23)25)21(24(28)29-3)22(26-13)15-8-5-4-6-9-15/h7,10-12,15,20,26H,4-6,8-9H2,1-3H3. The molecule has 0 saturated heterocycles. The minimum atomic E-state index is -0.420. The highest BCUT2D eigenvalue weighted by molar-refractivity contribution is 9.10. The van der Waals surface area contributed by atoms with Gasteiger partial charge in [-0.25, -0.2) is 4.79 Å². The van der Waals surface area contributed by atoms with Gasteiger partial charge in [0.25, 0.3) is 0 Å². The molecule has 0 amide bonds. The van der Waals surface area contributed by atoms with Gasteiger partial charge in [0.1, 0.15) is 0 Å². The Balaban J connectivity index is 1.98. The SMILES string of the molecule is COC(=O)C1=C(C2CCCCC2)NC(C)=C(C(C)=O)C1c1csc2c(Br)cccc12. The topological polar surface area (TPSA) is 55.4 Å². The Hall–Kier alpha value is -1.92. The van der Waals surface area contributed by atoms with Crippen molar-refractivity contribution in [1.29, 1.82) is 0 Å². The van der Waals surface area contributed by atoms with Gasteiger partial charge in [-0.1, -0.05) is 31.4 Å². The van der Waals surface area contributed by atoms with E-state index in [1.807, 2.05) is 19.1 Å². The normalized spacial score (nSPS) is 20.5. The molecule has 1 aliphatic heterocycles. The van der Waals surface area contributed by atoms with Crippen molar-refractivity contribution in [2.75, 3.05) is 7.11 Å². The monoisotopic (exact) mass is 487 g/mol. The predicted octanol–water partition coefficient (Wildman–Crippen LogP) is 6.22. The fourth-order valence-corrected chi connectivity index (χ4v) is 6.60. The summed E-state index contributed by atoms with van der Waals surface area (Å²) in [4.78, 5) is 25.9. The number of halogens is 1. The molecule has 1 fully saturated rings. The zero-order chi connectivity index (χ0) is 21.4. The van der Waals surface area contributed by atoms with Crippen molar-refractivity contribution in [2.24, 2.45) is 5.92 Å². The molecule has 4 nitrogen and oxygen atoms in total. The van der Waals surface area contributed by atoms with E-state index in [0.717, 1.165) is 57.2 Å². The van der Waals surface area contributed by atoms with Crippen molar-refractivity contribution in [1.82, 2.24) is 5.32 Å². The van der Waals surface area contributed by atoms with E-state index < -0.39 is 5.92 Å². The number of methoxy groups -OCH3 is 1. The first-order chi connectivity index (χ1) is 14.4. The quantitative estimate of drug-likeness (QED) is 0.519. The molecule has 158 valence electrons. The molecule has 1 unspecified atom stereocenters. The molecule has 2 aromatic rings. The maximum atomic E-state index is 13.1. The van der Waals surface area contributed by atoms with Gasteiger partial charge < -0.3 is 10.1 Å². The molecule has 30 heavy (non-hydrogen) atoms. The smallest absolute Gasteiger partial charge is 0.336 e. The van der Waals surface area contributed by atoms with Gasteiger partial charge >= 0.3 is 5.97 Å². The third-order valence-electron chi connectivity index (χ3n) is 6.28. The highest BCUT2D eigenvalue weighted by Gasteiger charge is 2.40. The van der Waals surface area contributed by atoms with Crippen LogP contribution in [0.4, 0.5) is 0 Å². The second-order valence-electron chi connectivity index (χ2n) is 8.11. The number of fused-ring (bicyclic) bond motifs is 1. The lowest BCUT2D eigenvalue weighted by molar-refractivity contribution is -0.136. The van der Waals surface area contributed by atoms with Gasteiger partial charge in [0.15, 0.2) is 5.78 Å². The minimum absolute atomic E-state index is 0.0246. The number of hydrogen-bond donors (Lipinski definition) is 1. The fraction of sp³-hybridized carbons (Fsp3) is 0.417. The highest BCUT2D eigenvalue weighted by Crippen LogP contribution is 2.47. The highest BCUT2D eigenvalue weighted by atomic mass is 79.9. The van der Waals surface area contributed by atoms with Crippen LogP contribution in [0.1, 0.15) is 57.4 Å². The van der Waals surface area contributed by atoms with Gasteiger partial charge in [-0.2, -0.15) is 0 Å². The molecular weight excluding hydrogens is 462 g/mol. The molecule has 6 heteroatoms. The van der Waals surface area contributed by atoms with Crippen molar-refractivity contribution in [2.45, 2.75) is 51.9 Å². The van der Waals surface area contributed by atoms with E-state index in [0.29, 0.717) is 11.1 Å². The molecule has 1 atom stereocenters. The molecule has 0 bridgehead atoms. The van der Waals surface area contributed by atoms with Crippen LogP contribution in [0.5, 0.6) is 0 Å². The summed E-state index contributed by atoms with van der Waals surface area (Å²) in [6.07, 6.45) is 5.65. The summed E-state index contributed by atoms with van der Waals surface area (Å²) >= 11 is 5.27. The molecule has 0 spiro atoms. The molecule has 1 aliphatic carbocycles. The van der Waals surface area contributed by atoms with E-state index >= 15 is 0 Å². The Morgan fingerprint density at radius 3 is 2.57 bits per heavy atom. The number of carbonyl (C=O) groups is 2. The summed E-state index contributed by atoms with van der Waals surface area (Å²) in [7, 11) is 1.42. The summed E-state index contributed by atoms with van der Waals surface area (Å²) in [6, 6.07) is 6.08. The number of benzene rings is 1. The Labute approximate surface area is 189 Å². The van der Waals surface area contributed by atoms with Crippen LogP contribution < -0.4 is 5.32 Å². The van der Waals surface area contributed by atoms with Crippen molar-refractivity contribution in [3.8, 4) is 0 Å². The number of Topliss-reactive ketones (excluding diaryl/α,β-unsaturated/α-hetero) is 1. The maximum Gasteiger partial charge on any atom is 0.336 e. The van der Waals surface area contributed by atoms with Gasteiger partial charge in [0, 0.05) is 32.1 Å². The van der Waals surface area contributed by atoms with E-state index in [4.69, 9.17) is 4.74 Å². The second-order valence-corrected chi connectivity index (χ2v) is 9.85. The molecule has 0 radical (unpaired) electrons. The van der Waals surface area contributed by atoms with E-state index in [1.165, 1.54) is 13.5 Å². The lowest BCUT2D eigenvalue weighted by atomic mass is 9.75. The predicted molar refractivity (Wildman–Crippen MR) is 124 cm³/mol. The van der Waals surface area contributed by atoms with Crippen LogP contribution in [0.25, 0.3) is 10.1 Å². The largest absolute Gasteiger partial charge is 0.466 e. The third kappa shape index (κ3) is 3.65. The lowest BCUT2D eigenvalue weighted by Gasteiger charge is -2.35. The Bertz CT molecular complexity index is 1080. The fourth-order valence-electron chi connectivity index (χ4n) is 4.95. The maximum absolute atomic E-state index is 13.1. The summed E-state index contributed by atoms with van der Waals surface area (Å²) in [5.74, 6) is -0.510. The lowest BCUT2D eigenvalue weighted by Crippen LogP contribution is -2.35. The van der Waals surface area contributed by atoms with Crippen molar-refractivity contribution in [3.05, 3.63) is 56.2 Å². The molecule has 4 rings (SSSR count). The molecule has 2 aliphatic rings. The number of esters is 1. The number of allylic oxidation sites excluding steroid dienone is 3. The van der Waals surface area contributed by atoms with Crippen LogP contribution in [0.2, 0.25) is 0 Å². The number of hydrogen-bond acceptors (Lipinski definition) is 5. The Kier molecular flexibility index (Phi) is 6.16. The number of dihydropyridines is 1. The average molecular weight is 488 g/mol.